The number of aromatic hydroxyl groups is 1. The van der Waals surface area contributed by atoms with Gasteiger partial charge in [-0.05, 0) is 47.9 Å². The highest BCUT2D eigenvalue weighted by atomic mass is 35.5. The van der Waals surface area contributed by atoms with E-state index in [-0.39, 0.29) is 16.5 Å². The monoisotopic (exact) mass is 556 g/mol. The fraction of sp³-hybridized carbons (Fsp3) is 0.0455. The van der Waals surface area contributed by atoms with Gasteiger partial charge < -0.3 is 15.2 Å². The summed E-state index contributed by atoms with van der Waals surface area (Å²) < 4.78 is 31.9. The van der Waals surface area contributed by atoms with Gasteiger partial charge in [0.25, 0.3) is 5.91 Å². The van der Waals surface area contributed by atoms with Crippen LogP contribution in [-0.2, 0) is 10.0 Å². The number of phenols is 1. The van der Waals surface area contributed by atoms with E-state index in [2.05, 4.69) is 10.0 Å². The van der Waals surface area contributed by atoms with Crippen molar-refractivity contribution >= 4 is 83.5 Å². The Labute approximate surface area is 213 Å². The zero-order chi connectivity index (χ0) is 24.6. The summed E-state index contributed by atoms with van der Waals surface area (Å²) in [6.45, 7) is 0. The molecule has 0 radical (unpaired) electrons. The molecule has 12 heteroatoms. The number of ether oxygens (including phenoxy) is 1. The van der Waals surface area contributed by atoms with Crippen LogP contribution >= 0.6 is 46.1 Å². The van der Waals surface area contributed by atoms with E-state index in [1.54, 1.807) is 36.4 Å². The van der Waals surface area contributed by atoms with Crippen molar-refractivity contribution < 1.29 is 23.1 Å². The third-order valence-corrected chi connectivity index (χ3v) is 6.78. The Kier molecular flexibility index (Phi) is 6.84. The van der Waals surface area contributed by atoms with Crippen molar-refractivity contribution in [2.24, 2.45) is 0 Å². The van der Waals surface area contributed by atoms with Gasteiger partial charge in [-0.1, -0.05) is 34.8 Å². The molecule has 0 aliphatic heterocycles. The minimum Gasteiger partial charge on any atom is -0.508 e. The summed E-state index contributed by atoms with van der Waals surface area (Å²) in [5.41, 5.74) is 0.610. The molecule has 3 aromatic carbocycles. The van der Waals surface area contributed by atoms with Crippen LogP contribution in [0.1, 0.15) is 9.67 Å². The molecule has 0 saturated heterocycles. The molecule has 34 heavy (non-hydrogen) atoms. The summed E-state index contributed by atoms with van der Waals surface area (Å²) in [6.07, 6.45) is 1.03. The molecule has 0 bridgehead atoms. The average Bonchev–Trinajstić information content (AvgIpc) is 3.08. The van der Waals surface area contributed by atoms with E-state index in [1.807, 2.05) is 0 Å². The predicted octanol–water partition coefficient (Wildman–Crippen LogP) is 6.98. The number of nitrogens with one attached hydrogen (secondary N) is 2. The first-order chi connectivity index (χ1) is 15.9. The van der Waals surface area contributed by atoms with Gasteiger partial charge in [-0.15, -0.1) is 11.3 Å². The topological polar surface area (TPSA) is 105 Å². The van der Waals surface area contributed by atoms with Crippen molar-refractivity contribution in [3.8, 4) is 17.2 Å². The number of halogens is 3. The second-order valence-corrected chi connectivity index (χ2v) is 11.3. The Bertz CT molecular complexity index is 1520. The minimum atomic E-state index is -3.51. The zero-order valence-electron chi connectivity index (χ0n) is 17.2. The second-order valence-electron chi connectivity index (χ2n) is 7.23. The molecule has 0 aliphatic rings. The van der Waals surface area contributed by atoms with Gasteiger partial charge in [0.05, 0.1) is 21.8 Å². The van der Waals surface area contributed by atoms with Gasteiger partial charge in [-0.25, -0.2) is 8.42 Å². The number of amides is 1. The molecule has 4 aromatic rings. The van der Waals surface area contributed by atoms with E-state index in [0.717, 1.165) is 6.26 Å². The Morgan fingerprint density at radius 3 is 2.29 bits per heavy atom. The molecule has 0 atom stereocenters. The lowest BCUT2D eigenvalue weighted by atomic mass is 10.2. The number of benzene rings is 3. The van der Waals surface area contributed by atoms with Crippen LogP contribution < -0.4 is 14.8 Å². The van der Waals surface area contributed by atoms with Crippen molar-refractivity contribution in [3.05, 3.63) is 74.5 Å². The maximum Gasteiger partial charge on any atom is 0.265 e. The third kappa shape index (κ3) is 6.05. The third-order valence-electron chi connectivity index (χ3n) is 4.35. The van der Waals surface area contributed by atoms with E-state index in [0.29, 0.717) is 42.2 Å². The summed E-state index contributed by atoms with van der Waals surface area (Å²) >= 11 is 19.5. The Hall–Kier alpha value is -2.69. The van der Waals surface area contributed by atoms with E-state index in [1.165, 1.54) is 29.5 Å². The molecular weight excluding hydrogens is 543 g/mol. The first-order valence-electron chi connectivity index (χ1n) is 9.45. The number of thiophene rings is 1. The summed E-state index contributed by atoms with van der Waals surface area (Å²) in [5.74, 6) is 0.162. The number of rotatable bonds is 6. The van der Waals surface area contributed by atoms with Crippen molar-refractivity contribution in [1.82, 2.24) is 0 Å². The highest BCUT2D eigenvalue weighted by Gasteiger charge is 2.15. The Balaban J connectivity index is 1.57. The van der Waals surface area contributed by atoms with Gasteiger partial charge in [0, 0.05) is 32.6 Å². The number of phenolic OH excluding ortho intramolecular Hbond substituents is 1. The van der Waals surface area contributed by atoms with Crippen LogP contribution in [0.2, 0.25) is 15.1 Å². The molecule has 0 saturated carbocycles. The predicted molar refractivity (Wildman–Crippen MR) is 138 cm³/mol. The molecule has 0 unspecified atom stereocenters. The number of hydrogen-bond donors (Lipinski definition) is 3. The van der Waals surface area contributed by atoms with Gasteiger partial charge in [0.2, 0.25) is 10.0 Å². The molecule has 1 amide bonds. The first-order valence-corrected chi connectivity index (χ1v) is 13.3. The molecule has 3 N–H and O–H groups in total. The summed E-state index contributed by atoms with van der Waals surface area (Å²) in [7, 11) is -3.51. The SMILES string of the molecule is CS(=O)(=O)Nc1cc2cc(C(=O)Nc3cc(Cl)cc(Oc4cc(O)cc(Cl)c4)c3)sc2cc1Cl. The molecular formula is C22H15Cl3N2O5S2. The first kappa shape index (κ1) is 24.4. The van der Waals surface area contributed by atoms with Crippen LogP contribution in [0.4, 0.5) is 11.4 Å². The van der Waals surface area contributed by atoms with E-state index >= 15 is 0 Å². The van der Waals surface area contributed by atoms with Crippen molar-refractivity contribution in [2.45, 2.75) is 0 Å². The zero-order valence-corrected chi connectivity index (χ0v) is 21.1. The molecule has 1 aromatic heterocycles. The maximum absolute atomic E-state index is 12.9. The van der Waals surface area contributed by atoms with Crippen molar-refractivity contribution in [1.29, 1.82) is 0 Å². The average molecular weight is 558 g/mol. The molecule has 4 rings (SSSR count). The molecule has 176 valence electrons. The van der Waals surface area contributed by atoms with E-state index in [9.17, 15) is 18.3 Å². The van der Waals surface area contributed by atoms with E-state index < -0.39 is 15.9 Å². The lowest BCUT2D eigenvalue weighted by Gasteiger charge is -2.10. The van der Waals surface area contributed by atoms with Crippen LogP contribution in [0.15, 0.2) is 54.6 Å². The molecule has 0 aliphatic carbocycles. The number of carbonyl (C=O) groups is 1. The standard InChI is InChI=1S/C22H15Cl3N2O5S2/c1-34(30,31)27-19-2-11-3-21(33-20(11)10-18(19)25)22(29)26-14-4-12(23)6-16(8-14)32-17-7-13(24)5-15(28)9-17/h2-10,27-28H,1H3,(H,26,29). The molecule has 1 heterocycles. The fourth-order valence-corrected chi connectivity index (χ4v) is 5.40. The largest absolute Gasteiger partial charge is 0.508 e. The Morgan fingerprint density at radius 1 is 0.941 bits per heavy atom. The number of anilines is 2. The van der Waals surface area contributed by atoms with Crippen molar-refractivity contribution in [3.63, 3.8) is 0 Å². The number of sulfonamides is 1. The Morgan fingerprint density at radius 2 is 1.62 bits per heavy atom. The normalized spacial score (nSPS) is 11.4. The van der Waals surface area contributed by atoms with Crippen LogP contribution in [0.25, 0.3) is 10.1 Å². The minimum absolute atomic E-state index is 0.0576. The lowest BCUT2D eigenvalue weighted by molar-refractivity contribution is 0.103. The summed E-state index contributed by atoms with van der Waals surface area (Å²) in [4.78, 5) is 13.3. The molecule has 0 spiro atoms. The van der Waals surface area contributed by atoms with Crippen LogP contribution in [-0.4, -0.2) is 25.7 Å². The number of carbonyl (C=O) groups excluding carboxylic acids is 1. The summed E-state index contributed by atoms with van der Waals surface area (Å²) in [5, 5.41) is 13.9. The van der Waals surface area contributed by atoms with E-state index in [4.69, 9.17) is 39.5 Å². The van der Waals surface area contributed by atoms with Gasteiger partial charge in [-0.2, -0.15) is 0 Å². The second kappa shape index (κ2) is 9.52. The van der Waals surface area contributed by atoms with Gasteiger partial charge >= 0.3 is 0 Å². The quantitative estimate of drug-likeness (QED) is 0.237. The van der Waals surface area contributed by atoms with Crippen molar-refractivity contribution in [2.75, 3.05) is 16.3 Å². The number of hydrogen-bond acceptors (Lipinski definition) is 6. The molecule has 0 fully saturated rings. The molecule has 7 nitrogen and oxygen atoms in total. The van der Waals surface area contributed by atoms with Gasteiger partial charge in [0.1, 0.15) is 17.2 Å². The van der Waals surface area contributed by atoms with Crippen LogP contribution in [0, 0.1) is 0 Å². The highest BCUT2D eigenvalue weighted by Crippen LogP contribution is 2.35. The fourth-order valence-electron chi connectivity index (χ4n) is 3.08. The maximum atomic E-state index is 12.9. The number of fused-ring (bicyclic) bond motifs is 1. The summed E-state index contributed by atoms with van der Waals surface area (Å²) in [6, 6.07) is 13.8. The van der Waals surface area contributed by atoms with Crippen LogP contribution in [0.5, 0.6) is 17.2 Å². The highest BCUT2D eigenvalue weighted by molar-refractivity contribution is 7.92. The van der Waals surface area contributed by atoms with Gasteiger partial charge in [0.15, 0.2) is 0 Å². The van der Waals surface area contributed by atoms with Crippen LogP contribution in [0.3, 0.4) is 0 Å². The van der Waals surface area contributed by atoms with Gasteiger partial charge in [-0.3, -0.25) is 9.52 Å². The smallest absolute Gasteiger partial charge is 0.265 e. The lowest BCUT2D eigenvalue weighted by Crippen LogP contribution is -2.10.